The lowest BCUT2D eigenvalue weighted by Gasteiger charge is -2.15. The minimum atomic E-state index is -1.15. The molecule has 0 aromatic carbocycles. The van der Waals surface area contributed by atoms with E-state index in [9.17, 15) is 9.59 Å². The second kappa shape index (κ2) is 8.18. The molecule has 1 heterocycles. The van der Waals surface area contributed by atoms with Gasteiger partial charge in [0.25, 0.3) is 0 Å². The van der Waals surface area contributed by atoms with Crippen molar-refractivity contribution in [1.82, 2.24) is 10.6 Å². The van der Waals surface area contributed by atoms with Crippen molar-refractivity contribution in [3.05, 3.63) is 23.7 Å². The van der Waals surface area contributed by atoms with E-state index in [1.807, 2.05) is 0 Å². The highest BCUT2D eigenvalue weighted by atomic mass is 16.5. The molecule has 0 aliphatic rings. The highest BCUT2D eigenvalue weighted by Gasteiger charge is 2.11. The van der Waals surface area contributed by atoms with E-state index in [4.69, 9.17) is 19.0 Å². The topological polar surface area (TPSA) is 110 Å². The summed E-state index contributed by atoms with van der Waals surface area (Å²) in [7, 11) is 3.07. The van der Waals surface area contributed by atoms with E-state index < -0.39 is 12.0 Å². The lowest BCUT2D eigenvalue weighted by atomic mass is 10.4. The fourth-order valence-corrected chi connectivity index (χ4v) is 1.42. The highest BCUT2D eigenvalue weighted by molar-refractivity contribution is 5.84. The quantitative estimate of drug-likeness (QED) is 0.639. The third kappa shape index (κ3) is 5.29. The van der Waals surface area contributed by atoms with Gasteiger partial charge < -0.3 is 29.6 Å². The molecule has 1 aromatic heterocycles. The monoisotopic (exact) mass is 286 g/mol. The number of hydrogen-bond donors (Lipinski definition) is 3. The van der Waals surface area contributed by atoms with Gasteiger partial charge in [-0.05, 0) is 12.1 Å². The summed E-state index contributed by atoms with van der Waals surface area (Å²) in [6, 6.07) is 2.42. The summed E-state index contributed by atoms with van der Waals surface area (Å²) < 4.78 is 15.0. The van der Waals surface area contributed by atoms with Crippen LogP contribution in [0.2, 0.25) is 0 Å². The summed E-state index contributed by atoms with van der Waals surface area (Å²) in [6.07, 6.45) is -0.229. The average Bonchev–Trinajstić information content (AvgIpc) is 2.90. The van der Waals surface area contributed by atoms with Crippen LogP contribution in [-0.4, -0.2) is 50.6 Å². The summed E-state index contributed by atoms with van der Waals surface area (Å²) in [5, 5.41) is 13.8. The Balaban J connectivity index is 2.30. The van der Waals surface area contributed by atoms with Crippen molar-refractivity contribution in [2.75, 3.05) is 27.4 Å². The summed E-state index contributed by atoms with van der Waals surface area (Å²) in [6.45, 7) is 0.771. The summed E-state index contributed by atoms with van der Waals surface area (Å²) in [5.74, 6) is -0.956. The van der Waals surface area contributed by atoms with Crippen LogP contribution in [0, 0.1) is 0 Å². The van der Waals surface area contributed by atoms with Gasteiger partial charge >= 0.3 is 12.0 Å². The Morgan fingerprint density at radius 1 is 1.35 bits per heavy atom. The van der Waals surface area contributed by atoms with E-state index >= 15 is 0 Å². The van der Waals surface area contributed by atoms with E-state index in [2.05, 4.69) is 10.6 Å². The van der Waals surface area contributed by atoms with Crippen LogP contribution in [0.3, 0.4) is 0 Å². The molecule has 0 saturated heterocycles. The zero-order valence-electron chi connectivity index (χ0n) is 11.3. The number of carboxylic acid groups (broad SMARTS) is 1. The number of amides is 2. The van der Waals surface area contributed by atoms with Gasteiger partial charge in [0.1, 0.15) is 5.76 Å². The molecule has 20 heavy (non-hydrogen) atoms. The molecule has 1 unspecified atom stereocenters. The van der Waals surface area contributed by atoms with Crippen molar-refractivity contribution in [2.45, 2.75) is 12.6 Å². The molecular weight excluding hydrogens is 268 g/mol. The standard InChI is InChI=1S/C12H18N2O6/c1-18-7-9(19-2)6-14-12(17)13-5-8-3-4-10(20-8)11(15)16/h3-4,9H,5-7H2,1-2H3,(H,15,16)(H2,13,14,17). The molecule has 0 aliphatic heterocycles. The van der Waals surface area contributed by atoms with Crippen LogP contribution in [0.25, 0.3) is 0 Å². The zero-order valence-corrected chi connectivity index (χ0v) is 11.3. The number of rotatable bonds is 8. The summed E-state index contributed by atoms with van der Waals surface area (Å²) in [5.41, 5.74) is 0. The number of methoxy groups -OCH3 is 2. The van der Waals surface area contributed by atoms with E-state index in [1.54, 1.807) is 7.11 Å². The Hall–Kier alpha value is -2.06. The normalized spacial score (nSPS) is 11.9. The predicted octanol–water partition coefficient (Wildman–Crippen LogP) is 0.438. The zero-order chi connectivity index (χ0) is 15.0. The average molecular weight is 286 g/mol. The van der Waals surface area contributed by atoms with Crippen molar-refractivity contribution in [3.8, 4) is 0 Å². The van der Waals surface area contributed by atoms with Crippen molar-refractivity contribution < 1.29 is 28.6 Å². The second-order valence-corrected chi connectivity index (χ2v) is 3.95. The van der Waals surface area contributed by atoms with E-state index in [0.29, 0.717) is 18.9 Å². The number of furan rings is 1. The van der Waals surface area contributed by atoms with Crippen LogP contribution in [0.4, 0.5) is 4.79 Å². The Kier molecular flexibility index (Phi) is 6.54. The first kappa shape index (κ1) is 16.0. The maximum absolute atomic E-state index is 11.5. The van der Waals surface area contributed by atoms with Gasteiger partial charge in [0.2, 0.25) is 5.76 Å². The van der Waals surface area contributed by atoms with Gasteiger partial charge in [-0.25, -0.2) is 9.59 Å². The Morgan fingerprint density at radius 2 is 2.10 bits per heavy atom. The molecule has 2 amide bonds. The second-order valence-electron chi connectivity index (χ2n) is 3.95. The Labute approximate surface area is 116 Å². The number of urea groups is 1. The van der Waals surface area contributed by atoms with E-state index in [-0.39, 0.29) is 18.4 Å². The van der Waals surface area contributed by atoms with Crippen LogP contribution in [-0.2, 0) is 16.0 Å². The molecule has 8 nitrogen and oxygen atoms in total. The molecule has 0 aliphatic carbocycles. The molecule has 0 bridgehead atoms. The molecule has 1 rings (SSSR count). The van der Waals surface area contributed by atoms with Gasteiger partial charge in [-0.2, -0.15) is 0 Å². The van der Waals surface area contributed by atoms with Crippen LogP contribution in [0.1, 0.15) is 16.3 Å². The molecule has 0 spiro atoms. The van der Waals surface area contributed by atoms with E-state index in [0.717, 1.165) is 0 Å². The summed E-state index contributed by atoms with van der Waals surface area (Å²) >= 11 is 0. The third-order valence-corrected chi connectivity index (χ3v) is 2.47. The molecule has 112 valence electrons. The van der Waals surface area contributed by atoms with Crippen LogP contribution in [0.15, 0.2) is 16.5 Å². The van der Waals surface area contributed by atoms with Gasteiger partial charge in [0.05, 0.1) is 19.3 Å². The van der Waals surface area contributed by atoms with Crippen molar-refractivity contribution in [2.24, 2.45) is 0 Å². The van der Waals surface area contributed by atoms with Crippen molar-refractivity contribution in [3.63, 3.8) is 0 Å². The Morgan fingerprint density at radius 3 is 2.65 bits per heavy atom. The SMILES string of the molecule is COCC(CNC(=O)NCc1ccc(C(=O)O)o1)OC. The van der Waals surface area contributed by atoms with E-state index in [1.165, 1.54) is 19.2 Å². The maximum Gasteiger partial charge on any atom is 0.371 e. The minimum Gasteiger partial charge on any atom is -0.475 e. The molecule has 8 heteroatoms. The molecule has 0 radical (unpaired) electrons. The first-order valence-corrected chi connectivity index (χ1v) is 5.92. The fourth-order valence-electron chi connectivity index (χ4n) is 1.42. The van der Waals surface area contributed by atoms with Gasteiger partial charge in [-0.15, -0.1) is 0 Å². The molecule has 1 aromatic rings. The highest BCUT2D eigenvalue weighted by Crippen LogP contribution is 2.07. The summed E-state index contributed by atoms with van der Waals surface area (Å²) in [4.78, 5) is 22.1. The lowest BCUT2D eigenvalue weighted by Crippen LogP contribution is -2.41. The number of hydrogen-bond acceptors (Lipinski definition) is 5. The van der Waals surface area contributed by atoms with Crippen molar-refractivity contribution in [1.29, 1.82) is 0 Å². The van der Waals surface area contributed by atoms with Gasteiger partial charge in [0, 0.05) is 20.8 Å². The predicted molar refractivity (Wildman–Crippen MR) is 68.6 cm³/mol. The maximum atomic E-state index is 11.5. The number of nitrogens with one attached hydrogen (secondary N) is 2. The molecular formula is C12H18N2O6. The van der Waals surface area contributed by atoms with Gasteiger partial charge in [0.15, 0.2) is 0 Å². The van der Waals surface area contributed by atoms with Gasteiger partial charge in [-0.3, -0.25) is 0 Å². The number of carbonyl (C=O) groups excluding carboxylic acids is 1. The third-order valence-electron chi connectivity index (χ3n) is 2.47. The Bertz CT molecular complexity index is 445. The number of carbonyl (C=O) groups is 2. The fraction of sp³-hybridized carbons (Fsp3) is 0.500. The lowest BCUT2D eigenvalue weighted by molar-refractivity contribution is 0.0304. The first-order chi connectivity index (χ1) is 9.56. The number of carboxylic acids is 1. The van der Waals surface area contributed by atoms with Crippen LogP contribution >= 0.6 is 0 Å². The van der Waals surface area contributed by atoms with Crippen LogP contribution in [0.5, 0.6) is 0 Å². The number of aromatic carboxylic acids is 1. The molecule has 1 atom stereocenters. The number of ether oxygens (including phenoxy) is 2. The van der Waals surface area contributed by atoms with Crippen molar-refractivity contribution >= 4 is 12.0 Å². The smallest absolute Gasteiger partial charge is 0.371 e. The molecule has 3 N–H and O–H groups in total. The minimum absolute atomic E-state index is 0.0983. The largest absolute Gasteiger partial charge is 0.475 e. The van der Waals surface area contributed by atoms with Crippen LogP contribution < -0.4 is 10.6 Å². The first-order valence-electron chi connectivity index (χ1n) is 5.92. The molecule has 0 saturated carbocycles. The molecule has 0 fully saturated rings. The van der Waals surface area contributed by atoms with Gasteiger partial charge in [-0.1, -0.05) is 0 Å².